The Morgan fingerprint density at radius 2 is 1.72 bits per heavy atom. The maximum Gasteiger partial charge on any atom is 0.251 e. The van der Waals surface area contributed by atoms with Crippen LogP contribution in [-0.4, -0.2) is 32.7 Å². The van der Waals surface area contributed by atoms with Crippen molar-refractivity contribution in [3.8, 4) is 0 Å². The van der Waals surface area contributed by atoms with Gasteiger partial charge in [0, 0.05) is 18.2 Å². The molecule has 1 saturated heterocycles. The lowest BCUT2D eigenvalue weighted by Crippen LogP contribution is -2.38. The number of nitrogens with zero attached hydrogens (tertiary/aromatic N) is 1. The largest absolute Gasteiger partial charge is 0.350 e. The predicted octanol–water partition coefficient (Wildman–Crippen LogP) is 4.10. The maximum atomic E-state index is 12.6. The van der Waals surface area contributed by atoms with Gasteiger partial charge in [-0.25, -0.2) is 8.42 Å². The van der Waals surface area contributed by atoms with Gasteiger partial charge in [-0.2, -0.15) is 0 Å². The van der Waals surface area contributed by atoms with Gasteiger partial charge in [0.1, 0.15) is 0 Å². The quantitative estimate of drug-likeness (QED) is 0.774. The van der Waals surface area contributed by atoms with Crippen molar-refractivity contribution in [2.24, 2.45) is 0 Å². The summed E-state index contributed by atoms with van der Waals surface area (Å²) >= 11 is 0. The Bertz CT molecular complexity index is 938. The average molecular weight is 415 g/mol. The SMILES string of the molecule is C[C@H](CC(C)(C)c1ccccc1)NC(=O)c1ccc(N2CCCCS2(=O)=O)cc1. The highest BCUT2D eigenvalue weighted by atomic mass is 32.2. The monoisotopic (exact) mass is 414 g/mol. The second-order valence-corrected chi connectivity index (χ2v) is 10.5. The van der Waals surface area contributed by atoms with E-state index in [1.54, 1.807) is 24.3 Å². The smallest absolute Gasteiger partial charge is 0.251 e. The molecular formula is C23H30N2O3S. The van der Waals surface area contributed by atoms with Crippen LogP contribution < -0.4 is 9.62 Å². The third-order valence-electron chi connectivity index (χ3n) is 5.52. The van der Waals surface area contributed by atoms with E-state index in [1.165, 1.54) is 9.87 Å². The van der Waals surface area contributed by atoms with Crippen LogP contribution in [0, 0.1) is 0 Å². The zero-order chi connectivity index (χ0) is 21.1. The van der Waals surface area contributed by atoms with Crippen LogP contribution in [0.15, 0.2) is 54.6 Å². The van der Waals surface area contributed by atoms with Gasteiger partial charge < -0.3 is 5.32 Å². The molecule has 156 valence electrons. The van der Waals surface area contributed by atoms with E-state index in [4.69, 9.17) is 0 Å². The van der Waals surface area contributed by atoms with E-state index in [0.29, 0.717) is 24.2 Å². The molecule has 2 aromatic carbocycles. The van der Waals surface area contributed by atoms with E-state index < -0.39 is 10.0 Å². The second-order valence-electron chi connectivity index (χ2n) is 8.47. The number of rotatable bonds is 6. The number of carbonyl (C=O) groups excluding carboxylic acids is 1. The fourth-order valence-electron chi connectivity index (χ4n) is 3.99. The molecule has 1 heterocycles. The predicted molar refractivity (Wildman–Crippen MR) is 118 cm³/mol. The molecule has 1 fully saturated rings. The van der Waals surface area contributed by atoms with Crippen molar-refractivity contribution in [1.29, 1.82) is 0 Å². The van der Waals surface area contributed by atoms with E-state index in [0.717, 1.165) is 12.8 Å². The Labute approximate surface area is 174 Å². The normalized spacial score (nSPS) is 17.6. The van der Waals surface area contributed by atoms with Crippen molar-refractivity contribution in [2.75, 3.05) is 16.6 Å². The highest BCUT2D eigenvalue weighted by molar-refractivity contribution is 7.92. The molecule has 1 amide bonds. The molecule has 0 aliphatic carbocycles. The summed E-state index contributed by atoms with van der Waals surface area (Å²) in [6.07, 6.45) is 2.37. The van der Waals surface area contributed by atoms with Crippen molar-refractivity contribution >= 4 is 21.6 Å². The molecular weight excluding hydrogens is 384 g/mol. The topological polar surface area (TPSA) is 66.5 Å². The van der Waals surface area contributed by atoms with Crippen LogP contribution >= 0.6 is 0 Å². The number of hydrogen-bond acceptors (Lipinski definition) is 3. The molecule has 0 bridgehead atoms. The number of benzene rings is 2. The van der Waals surface area contributed by atoms with Crippen LogP contribution in [0.5, 0.6) is 0 Å². The number of hydrogen-bond donors (Lipinski definition) is 1. The van der Waals surface area contributed by atoms with Gasteiger partial charge in [0.25, 0.3) is 5.91 Å². The summed E-state index contributed by atoms with van der Waals surface area (Å²) in [5, 5.41) is 3.07. The molecule has 0 spiro atoms. The maximum absolute atomic E-state index is 12.6. The highest BCUT2D eigenvalue weighted by Crippen LogP contribution is 2.28. The van der Waals surface area contributed by atoms with Gasteiger partial charge in [0.2, 0.25) is 10.0 Å². The van der Waals surface area contributed by atoms with E-state index >= 15 is 0 Å². The summed E-state index contributed by atoms with van der Waals surface area (Å²) in [7, 11) is -3.24. The van der Waals surface area contributed by atoms with E-state index in [1.807, 2.05) is 25.1 Å². The minimum absolute atomic E-state index is 0.000134. The van der Waals surface area contributed by atoms with Crippen LogP contribution in [0.25, 0.3) is 0 Å². The summed E-state index contributed by atoms with van der Waals surface area (Å²) in [6.45, 7) is 6.87. The summed E-state index contributed by atoms with van der Waals surface area (Å²) in [4.78, 5) is 12.6. The second kappa shape index (κ2) is 8.57. The third kappa shape index (κ3) is 5.18. The summed E-state index contributed by atoms with van der Waals surface area (Å²) < 4.78 is 25.9. The third-order valence-corrected chi connectivity index (χ3v) is 7.39. The van der Waals surface area contributed by atoms with Gasteiger partial charge in [-0.05, 0) is 61.4 Å². The van der Waals surface area contributed by atoms with Crippen LogP contribution in [0.2, 0.25) is 0 Å². The molecule has 0 unspecified atom stereocenters. The van der Waals surface area contributed by atoms with Gasteiger partial charge >= 0.3 is 0 Å². The fourth-order valence-corrected chi connectivity index (χ4v) is 5.63. The lowest BCUT2D eigenvalue weighted by molar-refractivity contribution is 0.0934. The van der Waals surface area contributed by atoms with E-state index in [-0.39, 0.29) is 23.1 Å². The molecule has 1 N–H and O–H groups in total. The Balaban J connectivity index is 1.63. The first kappa shape index (κ1) is 21.4. The first-order valence-corrected chi connectivity index (χ1v) is 11.8. The molecule has 1 aliphatic heterocycles. The Morgan fingerprint density at radius 1 is 1.07 bits per heavy atom. The van der Waals surface area contributed by atoms with Crippen molar-refractivity contribution < 1.29 is 13.2 Å². The minimum Gasteiger partial charge on any atom is -0.350 e. The summed E-state index contributed by atoms with van der Waals surface area (Å²) in [5.41, 5.74) is 2.35. The lowest BCUT2D eigenvalue weighted by Gasteiger charge is -2.29. The highest BCUT2D eigenvalue weighted by Gasteiger charge is 2.27. The van der Waals surface area contributed by atoms with Crippen LogP contribution in [0.3, 0.4) is 0 Å². The van der Waals surface area contributed by atoms with E-state index in [9.17, 15) is 13.2 Å². The molecule has 1 atom stereocenters. The van der Waals surface area contributed by atoms with Gasteiger partial charge in [0.15, 0.2) is 0 Å². The van der Waals surface area contributed by atoms with Crippen LogP contribution in [0.1, 0.15) is 56.0 Å². The van der Waals surface area contributed by atoms with Gasteiger partial charge in [-0.3, -0.25) is 9.10 Å². The summed E-state index contributed by atoms with van der Waals surface area (Å²) in [5.74, 6) is 0.0404. The van der Waals surface area contributed by atoms with Crippen molar-refractivity contribution in [3.05, 3.63) is 65.7 Å². The number of carbonyl (C=O) groups is 1. The first-order valence-electron chi connectivity index (χ1n) is 10.2. The van der Waals surface area contributed by atoms with Gasteiger partial charge in [-0.1, -0.05) is 44.2 Å². The lowest BCUT2D eigenvalue weighted by atomic mass is 9.79. The summed E-state index contributed by atoms with van der Waals surface area (Å²) in [6, 6.07) is 17.1. The number of sulfonamides is 1. The van der Waals surface area contributed by atoms with Crippen LogP contribution in [0.4, 0.5) is 5.69 Å². The fraction of sp³-hybridized carbons (Fsp3) is 0.435. The molecule has 6 heteroatoms. The molecule has 0 saturated carbocycles. The Morgan fingerprint density at radius 3 is 2.34 bits per heavy atom. The molecule has 2 aromatic rings. The Hall–Kier alpha value is -2.34. The zero-order valence-corrected chi connectivity index (χ0v) is 18.2. The Kier molecular flexibility index (Phi) is 6.32. The molecule has 3 rings (SSSR count). The number of amides is 1. The molecule has 29 heavy (non-hydrogen) atoms. The first-order chi connectivity index (χ1) is 13.7. The standard InChI is InChI=1S/C23H30N2O3S/c1-18(17-23(2,3)20-9-5-4-6-10-20)24-22(26)19-11-13-21(14-12-19)25-15-7-8-16-29(25,27)28/h4-6,9-14,18H,7-8,15-17H2,1-3H3,(H,24,26)/t18-/m1/s1. The number of anilines is 1. The molecule has 0 radical (unpaired) electrons. The van der Waals surface area contributed by atoms with Gasteiger partial charge in [0.05, 0.1) is 11.4 Å². The zero-order valence-electron chi connectivity index (χ0n) is 17.4. The molecule has 1 aliphatic rings. The van der Waals surface area contributed by atoms with Crippen molar-refractivity contribution in [3.63, 3.8) is 0 Å². The van der Waals surface area contributed by atoms with Crippen LogP contribution in [-0.2, 0) is 15.4 Å². The minimum atomic E-state index is -3.24. The van der Waals surface area contributed by atoms with Gasteiger partial charge in [-0.15, -0.1) is 0 Å². The van der Waals surface area contributed by atoms with E-state index in [2.05, 4.69) is 31.3 Å². The molecule has 5 nitrogen and oxygen atoms in total. The molecule has 0 aromatic heterocycles. The van der Waals surface area contributed by atoms with Crippen molar-refractivity contribution in [2.45, 2.75) is 51.5 Å². The number of nitrogens with one attached hydrogen (secondary N) is 1. The van der Waals surface area contributed by atoms with Crippen molar-refractivity contribution in [1.82, 2.24) is 5.32 Å². The average Bonchev–Trinajstić information content (AvgIpc) is 2.68.